The maximum atomic E-state index is 12.9. The number of piperazine rings is 1. The van der Waals surface area contributed by atoms with Crippen LogP contribution in [0, 0.1) is 6.92 Å². The van der Waals surface area contributed by atoms with Gasteiger partial charge in [0.05, 0.1) is 29.0 Å². The standard InChI is InChI=1S/C28H30N8O/c1-3-35-13-15-36(16-14-35)24-8-6-21(7-9-24)27(37)32-23-17-26(20(2)31-19-23)34-28-30-12-10-25(33-28)22-5-4-11-29-18-22/h4-12,17-19H,3,13-16H2,1-2H3,(H,32,37)(H,30,33,34). The Bertz CT molecular complexity index is 1350. The summed E-state index contributed by atoms with van der Waals surface area (Å²) in [4.78, 5) is 35.2. The van der Waals surface area contributed by atoms with Crippen LogP contribution in [0.4, 0.5) is 23.0 Å². The lowest BCUT2D eigenvalue weighted by Gasteiger charge is -2.35. The average molecular weight is 495 g/mol. The van der Waals surface area contributed by atoms with E-state index in [0.717, 1.165) is 55.4 Å². The lowest BCUT2D eigenvalue weighted by molar-refractivity contribution is 0.102. The zero-order valence-corrected chi connectivity index (χ0v) is 21.1. The third-order valence-electron chi connectivity index (χ3n) is 6.52. The molecule has 5 rings (SSSR count). The minimum atomic E-state index is -0.186. The van der Waals surface area contributed by atoms with Crippen molar-refractivity contribution < 1.29 is 4.79 Å². The number of pyridine rings is 2. The highest BCUT2D eigenvalue weighted by Gasteiger charge is 2.16. The molecule has 1 amide bonds. The number of hydrogen-bond donors (Lipinski definition) is 2. The van der Waals surface area contributed by atoms with E-state index in [9.17, 15) is 4.79 Å². The third-order valence-corrected chi connectivity index (χ3v) is 6.52. The Morgan fingerprint density at radius 3 is 2.51 bits per heavy atom. The minimum absolute atomic E-state index is 0.186. The largest absolute Gasteiger partial charge is 0.369 e. The Morgan fingerprint density at radius 1 is 0.973 bits per heavy atom. The summed E-state index contributed by atoms with van der Waals surface area (Å²) >= 11 is 0. The van der Waals surface area contributed by atoms with Gasteiger partial charge in [-0.05, 0) is 62.0 Å². The van der Waals surface area contributed by atoms with Gasteiger partial charge in [-0.15, -0.1) is 0 Å². The Hall–Kier alpha value is -4.37. The second-order valence-corrected chi connectivity index (χ2v) is 8.91. The molecule has 0 radical (unpaired) electrons. The molecule has 0 bridgehead atoms. The molecule has 188 valence electrons. The van der Waals surface area contributed by atoms with Gasteiger partial charge in [-0.25, -0.2) is 9.97 Å². The number of amides is 1. The molecule has 2 N–H and O–H groups in total. The van der Waals surface area contributed by atoms with E-state index < -0.39 is 0 Å². The monoisotopic (exact) mass is 494 g/mol. The quantitative estimate of drug-likeness (QED) is 0.391. The number of aromatic nitrogens is 4. The van der Waals surface area contributed by atoms with Crippen LogP contribution < -0.4 is 15.5 Å². The molecule has 4 heterocycles. The SMILES string of the molecule is CCN1CCN(c2ccc(C(=O)Nc3cnc(C)c(Nc4nccc(-c5cccnc5)n4)c3)cc2)CC1. The number of nitrogens with zero attached hydrogens (tertiary/aromatic N) is 6. The van der Waals surface area contributed by atoms with Gasteiger partial charge in [0.1, 0.15) is 0 Å². The van der Waals surface area contributed by atoms with Crippen molar-refractivity contribution in [2.45, 2.75) is 13.8 Å². The van der Waals surface area contributed by atoms with Gasteiger partial charge in [-0.1, -0.05) is 6.92 Å². The van der Waals surface area contributed by atoms with E-state index in [1.165, 1.54) is 0 Å². The van der Waals surface area contributed by atoms with Crippen LogP contribution in [0.25, 0.3) is 11.3 Å². The van der Waals surface area contributed by atoms with Crippen molar-refractivity contribution in [3.63, 3.8) is 0 Å². The Kier molecular flexibility index (Phi) is 7.32. The van der Waals surface area contributed by atoms with Crippen LogP contribution in [0.5, 0.6) is 0 Å². The van der Waals surface area contributed by atoms with Gasteiger partial charge >= 0.3 is 0 Å². The highest BCUT2D eigenvalue weighted by Crippen LogP contribution is 2.23. The van der Waals surface area contributed by atoms with Crippen molar-refractivity contribution in [1.29, 1.82) is 0 Å². The summed E-state index contributed by atoms with van der Waals surface area (Å²) in [5.74, 6) is 0.249. The van der Waals surface area contributed by atoms with Gasteiger partial charge in [-0.2, -0.15) is 0 Å². The highest BCUT2D eigenvalue weighted by atomic mass is 16.1. The third kappa shape index (κ3) is 5.90. The number of carbonyl (C=O) groups excluding carboxylic acids is 1. The van der Waals surface area contributed by atoms with E-state index in [0.29, 0.717) is 22.9 Å². The lowest BCUT2D eigenvalue weighted by Crippen LogP contribution is -2.46. The van der Waals surface area contributed by atoms with Crippen LogP contribution in [-0.4, -0.2) is 63.5 Å². The molecule has 4 aromatic rings. The maximum absolute atomic E-state index is 12.9. The van der Waals surface area contributed by atoms with Gasteiger partial charge < -0.3 is 20.4 Å². The van der Waals surface area contributed by atoms with Crippen LogP contribution >= 0.6 is 0 Å². The molecule has 1 aromatic carbocycles. The fraction of sp³-hybridized carbons (Fsp3) is 0.250. The first-order valence-electron chi connectivity index (χ1n) is 12.4. The number of aryl methyl sites for hydroxylation is 1. The second kappa shape index (κ2) is 11.1. The minimum Gasteiger partial charge on any atom is -0.369 e. The predicted molar refractivity (Wildman–Crippen MR) is 146 cm³/mol. The molecule has 3 aromatic heterocycles. The van der Waals surface area contributed by atoms with E-state index in [2.05, 4.69) is 47.3 Å². The molecule has 9 nitrogen and oxygen atoms in total. The molecule has 0 saturated carbocycles. The van der Waals surface area contributed by atoms with Crippen molar-refractivity contribution in [3.05, 3.63) is 84.6 Å². The normalized spacial score (nSPS) is 13.8. The zero-order valence-electron chi connectivity index (χ0n) is 21.1. The van der Waals surface area contributed by atoms with E-state index in [1.807, 2.05) is 55.5 Å². The van der Waals surface area contributed by atoms with Gasteiger partial charge in [0, 0.05) is 61.6 Å². The summed E-state index contributed by atoms with van der Waals surface area (Å²) < 4.78 is 0. The summed E-state index contributed by atoms with van der Waals surface area (Å²) in [6, 6.07) is 15.3. The van der Waals surface area contributed by atoms with Gasteiger partial charge in [0.2, 0.25) is 5.95 Å². The average Bonchev–Trinajstić information content (AvgIpc) is 2.95. The lowest BCUT2D eigenvalue weighted by atomic mass is 10.1. The molecule has 37 heavy (non-hydrogen) atoms. The van der Waals surface area contributed by atoms with Crippen LogP contribution in [0.2, 0.25) is 0 Å². The molecular weight excluding hydrogens is 464 g/mol. The van der Waals surface area contributed by atoms with Crippen molar-refractivity contribution in [2.75, 3.05) is 48.3 Å². The number of rotatable bonds is 7. The van der Waals surface area contributed by atoms with Crippen LogP contribution in [0.15, 0.2) is 73.3 Å². The first-order valence-corrected chi connectivity index (χ1v) is 12.4. The molecule has 0 aliphatic carbocycles. The molecule has 0 atom stereocenters. The highest BCUT2D eigenvalue weighted by molar-refractivity contribution is 6.04. The van der Waals surface area contributed by atoms with E-state index in [4.69, 9.17) is 0 Å². The topological polar surface area (TPSA) is 99.2 Å². The number of anilines is 4. The molecular formula is C28H30N8O. The summed E-state index contributed by atoms with van der Waals surface area (Å²) in [6.45, 7) is 9.29. The van der Waals surface area contributed by atoms with E-state index >= 15 is 0 Å². The Morgan fingerprint density at radius 2 is 1.78 bits per heavy atom. The molecule has 0 spiro atoms. The fourth-order valence-corrected chi connectivity index (χ4v) is 4.29. The zero-order chi connectivity index (χ0) is 25.6. The number of likely N-dealkylation sites (N-methyl/N-ethyl adjacent to an activating group) is 1. The summed E-state index contributed by atoms with van der Waals surface area (Å²) in [5, 5.41) is 6.17. The summed E-state index contributed by atoms with van der Waals surface area (Å²) in [7, 11) is 0. The number of nitrogens with one attached hydrogen (secondary N) is 2. The smallest absolute Gasteiger partial charge is 0.255 e. The Balaban J connectivity index is 1.25. The van der Waals surface area contributed by atoms with Crippen molar-refractivity contribution in [2.24, 2.45) is 0 Å². The number of benzene rings is 1. The number of carbonyl (C=O) groups is 1. The van der Waals surface area contributed by atoms with Gasteiger partial charge in [-0.3, -0.25) is 14.8 Å². The van der Waals surface area contributed by atoms with Gasteiger partial charge in [0.25, 0.3) is 5.91 Å². The van der Waals surface area contributed by atoms with E-state index in [1.54, 1.807) is 24.8 Å². The van der Waals surface area contributed by atoms with Crippen molar-refractivity contribution >= 4 is 28.9 Å². The molecule has 0 unspecified atom stereocenters. The molecule has 1 aliphatic rings. The van der Waals surface area contributed by atoms with Crippen LogP contribution in [-0.2, 0) is 0 Å². The molecule has 9 heteroatoms. The first-order chi connectivity index (χ1) is 18.1. The molecule has 1 fully saturated rings. The van der Waals surface area contributed by atoms with Crippen molar-refractivity contribution in [3.8, 4) is 11.3 Å². The number of hydrogen-bond acceptors (Lipinski definition) is 8. The molecule has 1 saturated heterocycles. The van der Waals surface area contributed by atoms with Gasteiger partial charge in [0.15, 0.2) is 0 Å². The summed E-state index contributed by atoms with van der Waals surface area (Å²) in [5.41, 5.74) is 5.46. The van der Waals surface area contributed by atoms with Crippen molar-refractivity contribution in [1.82, 2.24) is 24.8 Å². The first kappa shape index (κ1) is 24.3. The van der Waals surface area contributed by atoms with Crippen LogP contribution in [0.1, 0.15) is 23.0 Å². The summed E-state index contributed by atoms with van der Waals surface area (Å²) in [6.07, 6.45) is 6.82. The maximum Gasteiger partial charge on any atom is 0.255 e. The fourth-order valence-electron chi connectivity index (χ4n) is 4.29. The molecule has 1 aliphatic heterocycles. The van der Waals surface area contributed by atoms with E-state index in [-0.39, 0.29) is 5.91 Å². The second-order valence-electron chi connectivity index (χ2n) is 8.91. The van der Waals surface area contributed by atoms with Crippen LogP contribution in [0.3, 0.4) is 0 Å². The Labute approximate surface area is 216 Å². The predicted octanol–water partition coefficient (Wildman–Crippen LogP) is 4.38.